The van der Waals surface area contributed by atoms with Crippen molar-refractivity contribution in [3.05, 3.63) is 95.1 Å². The third-order valence-electron chi connectivity index (χ3n) is 6.60. The number of carbonyl (C=O) groups excluding carboxylic acids is 2. The van der Waals surface area contributed by atoms with Gasteiger partial charge in [-0.1, -0.05) is 54.6 Å². The van der Waals surface area contributed by atoms with Crippen LogP contribution in [-0.2, 0) is 24.3 Å². The summed E-state index contributed by atoms with van der Waals surface area (Å²) in [4.78, 5) is 27.7. The summed E-state index contributed by atoms with van der Waals surface area (Å²) in [6.07, 6.45) is 2.47. The fourth-order valence-electron chi connectivity index (χ4n) is 4.90. The van der Waals surface area contributed by atoms with Gasteiger partial charge in [-0.05, 0) is 61.1 Å². The predicted molar refractivity (Wildman–Crippen MR) is 132 cm³/mol. The molecule has 2 aliphatic rings. The van der Waals surface area contributed by atoms with Crippen LogP contribution in [0.15, 0.2) is 72.8 Å². The van der Waals surface area contributed by atoms with E-state index in [9.17, 15) is 9.59 Å². The molecule has 0 saturated heterocycles. The Kier molecular flexibility index (Phi) is 6.21. The van der Waals surface area contributed by atoms with Crippen LogP contribution in [0.25, 0.3) is 0 Å². The first-order chi connectivity index (χ1) is 16.6. The normalized spacial score (nSPS) is 19.3. The van der Waals surface area contributed by atoms with Crippen LogP contribution in [0.1, 0.15) is 48.1 Å². The largest absolute Gasteiger partial charge is 0.481 e. The number of urea groups is 1. The molecule has 5 rings (SSSR count). The van der Waals surface area contributed by atoms with Gasteiger partial charge in [0.25, 0.3) is 5.91 Å². The van der Waals surface area contributed by atoms with Crippen LogP contribution in [0, 0.1) is 0 Å². The Bertz CT molecular complexity index is 1190. The maximum absolute atomic E-state index is 13.3. The lowest BCUT2D eigenvalue weighted by molar-refractivity contribution is -0.140. The highest BCUT2D eigenvalue weighted by Crippen LogP contribution is 2.38. The summed E-state index contributed by atoms with van der Waals surface area (Å²) in [5.74, 6) is 0.677. The molecule has 34 heavy (non-hydrogen) atoms. The van der Waals surface area contributed by atoms with Crippen molar-refractivity contribution in [3.63, 3.8) is 0 Å². The van der Waals surface area contributed by atoms with Gasteiger partial charge < -0.3 is 20.3 Å². The number of nitrogens with one attached hydrogen (secondary N) is 2. The molecule has 3 aromatic rings. The Hall–Kier alpha value is -3.80. The molecule has 0 radical (unpaired) electrons. The van der Waals surface area contributed by atoms with E-state index in [4.69, 9.17) is 4.74 Å². The summed E-state index contributed by atoms with van der Waals surface area (Å²) >= 11 is 0. The number of hydrogen-bond donors (Lipinski definition) is 2. The van der Waals surface area contributed by atoms with E-state index < -0.39 is 6.10 Å². The second-order valence-electron chi connectivity index (χ2n) is 8.95. The number of amides is 3. The molecule has 0 spiro atoms. The Morgan fingerprint density at radius 3 is 2.68 bits per heavy atom. The molecule has 3 amide bonds. The van der Waals surface area contributed by atoms with E-state index in [0.717, 1.165) is 30.4 Å². The molecule has 2 atom stereocenters. The van der Waals surface area contributed by atoms with Gasteiger partial charge in [0.2, 0.25) is 0 Å². The van der Waals surface area contributed by atoms with Gasteiger partial charge in [-0.3, -0.25) is 4.79 Å². The smallest absolute Gasteiger partial charge is 0.319 e. The molecular formula is C28H29N3O3. The zero-order chi connectivity index (χ0) is 23.5. The van der Waals surface area contributed by atoms with Crippen LogP contribution >= 0.6 is 0 Å². The van der Waals surface area contributed by atoms with Crippen LogP contribution in [0.2, 0.25) is 0 Å². The molecule has 0 unspecified atom stereocenters. The highest BCUT2D eigenvalue weighted by Gasteiger charge is 2.35. The average Bonchev–Trinajstić information content (AvgIpc) is 2.99. The van der Waals surface area contributed by atoms with Crippen LogP contribution in [-0.4, -0.2) is 22.9 Å². The third-order valence-corrected chi connectivity index (χ3v) is 6.60. The molecule has 1 aliphatic carbocycles. The second-order valence-corrected chi connectivity index (χ2v) is 8.95. The van der Waals surface area contributed by atoms with Gasteiger partial charge >= 0.3 is 6.03 Å². The molecular weight excluding hydrogens is 426 g/mol. The number of benzene rings is 3. The Morgan fingerprint density at radius 2 is 1.82 bits per heavy atom. The molecule has 174 valence electrons. The lowest BCUT2D eigenvalue weighted by Crippen LogP contribution is -2.41. The molecule has 0 aromatic heterocycles. The SMILES string of the molecule is C[C@@H]1Oc2ccc(NC(=O)NCc3ccccc3)cc2CN([C@H]2CCCc3ccccc32)C1=O. The number of ether oxygens (including phenoxy) is 1. The monoisotopic (exact) mass is 455 g/mol. The topological polar surface area (TPSA) is 70.7 Å². The van der Waals surface area contributed by atoms with Crippen molar-refractivity contribution in [1.82, 2.24) is 10.2 Å². The molecule has 0 fully saturated rings. The zero-order valence-corrected chi connectivity index (χ0v) is 19.3. The fraction of sp³-hybridized carbons (Fsp3) is 0.286. The quantitative estimate of drug-likeness (QED) is 0.568. The van der Waals surface area contributed by atoms with Gasteiger partial charge in [0.1, 0.15) is 5.75 Å². The number of aryl methyl sites for hydroxylation is 1. The zero-order valence-electron chi connectivity index (χ0n) is 19.3. The van der Waals surface area contributed by atoms with Gasteiger partial charge in [-0.25, -0.2) is 4.79 Å². The lowest BCUT2D eigenvalue weighted by Gasteiger charge is -2.35. The van der Waals surface area contributed by atoms with Gasteiger partial charge in [0.15, 0.2) is 6.10 Å². The van der Waals surface area contributed by atoms with Crippen LogP contribution in [0.5, 0.6) is 5.75 Å². The Morgan fingerprint density at radius 1 is 1.03 bits per heavy atom. The number of nitrogens with zero attached hydrogens (tertiary/aromatic N) is 1. The van der Waals surface area contributed by atoms with E-state index in [1.807, 2.05) is 66.4 Å². The molecule has 1 aliphatic heterocycles. The van der Waals surface area contributed by atoms with Crippen molar-refractivity contribution in [3.8, 4) is 5.75 Å². The number of hydrogen-bond acceptors (Lipinski definition) is 3. The van der Waals surface area contributed by atoms with E-state index in [0.29, 0.717) is 24.5 Å². The van der Waals surface area contributed by atoms with E-state index >= 15 is 0 Å². The number of rotatable bonds is 4. The maximum Gasteiger partial charge on any atom is 0.319 e. The maximum atomic E-state index is 13.3. The van der Waals surface area contributed by atoms with E-state index in [2.05, 4.69) is 28.8 Å². The summed E-state index contributed by atoms with van der Waals surface area (Å²) < 4.78 is 6.02. The van der Waals surface area contributed by atoms with E-state index in [1.165, 1.54) is 11.1 Å². The van der Waals surface area contributed by atoms with E-state index in [-0.39, 0.29) is 18.0 Å². The minimum atomic E-state index is -0.566. The van der Waals surface area contributed by atoms with Gasteiger partial charge in [-0.15, -0.1) is 0 Å². The lowest BCUT2D eigenvalue weighted by atomic mass is 9.86. The van der Waals surface area contributed by atoms with Crippen molar-refractivity contribution in [2.24, 2.45) is 0 Å². The minimum absolute atomic E-state index is 0.00647. The van der Waals surface area contributed by atoms with Gasteiger partial charge in [0, 0.05) is 17.8 Å². The molecule has 1 heterocycles. The van der Waals surface area contributed by atoms with Gasteiger partial charge in [-0.2, -0.15) is 0 Å². The van der Waals surface area contributed by atoms with Crippen molar-refractivity contribution >= 4 is 17.6 Å². The number of carbonyl (C=O) groups is 2. The standard InChI is InChI=1S/C28H29N3O3/c1-19-27(32)31(25-13-7-11-21-10-5-6-12-24(21)25)18-22-16-23(14-15-26(22)34-19)30-28(33)29-17-20-8-3-2-4-9-20/h2-6,8-10,12,14-16,19,25H,7,11,13,17-18H2,1H3,(H2,29,30,33)/t19-,25-/m0/s1. The Labute approximate surface area is 199 Å². The highest BCUT2D eigenvalue weighted by atomic mass is 16.5. The molecule has 0 saturated carbocycles. The number of anilines is 1. The average molecular weight is 456 g/mol. The van der Waals surface area contributed by atoms with Crippen LogP contribution < -0.4 is 15.4 Å². The Balaban J connectivity index is 1.35. The highest BCUT2D eigenvalue weighted by molar-refractivity contribution is 5.89. The summed E-state index contributed by atoms with van der Waals surface area (Å²) in [7, 11) is 0. The number of fused-ring (bicyclic) bond motifs is 2. The molecule has 6 nitrogen and oxygen atoms in total. The fourth-order valence-corrected chi connectivity index (χ4v) is 4.90. The molecule has 2 N–H and O–H groups in total. The van der Waals surface area contributed by atoms with Crippen molar-refractivity contribution in [1.29, 1.82) is 0 Å². The summed E-state index contributed by atoms with van der Waals surface area (Å²) in [6.45, 7) is 2.70. The predicted octanol–water partition coefficient (Wildman–Crippen LogP) is 5.20. The van der Waals surface area contributed by atoms with Crippen molar-refractivity contribution in [2.75, 3.05) is 5.32 Å². The molecule has 3 aromatic carbocycles. The minimum Gasteiger partial charge on any atom is -0.481 e. The summed E-state index contributed by atoms with van der Waals surface area (Å²) in [6, 6.07) is 23.5. The van der Waals surface area contributed by atoms with Crippen LogP contribution in [0.4, 0.5) is 10.5 Å². The van der Waals surface area contributed by atoms with Crippen LogP contribution in [0.3, 0.4) is 0 Å². The van der Waals surface area contributed by atoms with Crippen molar-refractivity contribution < 1.29 is 14.3 Å². The van der Waals surface area contributed by atoms with E-state index in [1.54, 1.807) is 0 Å². The second kappa shape index (κ2) is 9.59. The first kappa shape index (κ1) is 22.0. The summed E-state index contributed by atoms with van der Waals surface area (Å²) in [5.41, 5.74) is 5.13. The first-order valence-electron chi connectivity index (χ1n) is 11.8. The van der Waals surface area contributed by atoms with Gasteiger partial charge in [0.05, 0.1) is 12.6 Å². The molecule has 0 bridgehead atoms. The summed E-state index contributed by atoms with van der Waals surface area (Å²) in [5, 5.41) is 5.79. The van der Waals surface area contributed by atoms with Crippen molar-refractivity contribution in [2.45, 2.75) is 51.4 Å². The molecule has 6 heteroatoms. The first-order valence-corrected chi connectivity index (χ1v) is 11.8. The third kappa shape index (κ3) is 4.62.